The van der Waals surface area contributed by atoms with Gasteiger partial charge in [0.25, 0.3) is 0 Å². The summed E-state index contributed by atoms with van der Waals surface area (Å²) < 4.78 is 3.69. The molecular weight excluding hydrogens is 619 g/mol. The number of hydrogen-bond acceptors (Lipinski definition) is 0. The van der Waals surface area contributed by atoms with E-state index >= 15 is 0 Å². The molecule has 0 nitrogen and oxygen atoms in total. The molecule has 0 radical (unpaired) electrons. The van der Waals surface area contributed by atoms with Crippen LogP contribution in [0, 0.1) is 5.92 Å². The van der Waals surface area contributed by atoms with Crippen molar-refractivity contribution in [1.29, 1.82) is 0 Å². The molecule has 1 atom stereocenters. The van der Waals surface area contributed by atoms with E-state index in [-0.39, 0.29) is 24.8 Å². The molecule has 5 aromatic rings. The van der Waals surface area contributed by atoms with E-state index in [1.807, 2.05) is 0 Å². The predicted molar refractivity (Wildman–Crippen MR) is 161 cm³/mol. The smallest absolute Gasteiger partial charge is 1.00 e. The van der Waals surface area contributed by atoms with Gasteiger partial charge in [-0.05, 0) is 0 Å². The molecule has 3 heteroatoms. The molecule has 1 unspecified atom stereocenters. The molecule has 0 aromatic heterocycles. The van der Waals surface area contributed by atoms with Crippen LogP contribution in [0.1, 0.15) is 38.4 Å². The third kappa shape index (κ3) is 5.44. The maximum Gasteiger partial charge on any atom is -1.00 e. The van der Waals surface area contributed by atoms with Gasteiger partial charge in [0.1, 0.15) is 0 Å². The standard InChI is InChI=1S/C13H9.C13H10.C12H11.2ClH.Zr/c1-3-7-12-10(5-1)9-11-6-2-4-8-13(11)12;1-3-7-12(8-4-1)11-13-9-5-2-6-10-13;1-10-7-8-12(9-10)11-5-3-2-4-6-11;;;/h1-9H;1-10H;2-6,8-10H,1H3;2*1H;/q;;;;;+2/p-2. The molecule has 0 heterocycles. The zero-order chi connectivity index (χ0) is 26.2. The fourth-order valence-corrected chi connectivity index (χ4v) is 16.0. The number of benzene rings is 5. The van der Waals surface area contributed by atoms with E-state index < -0.39 is 21.3 Å². The number of fused-ring (bicyclic) bond motifs is 3. The van der Waals surface area contributed by atoms with E-state index in [1.54, 1.807) is 6.49 Å². The van der Waals surface area contributed by atoms with Crippen molar-refractivity contribution in [3.63, 3.8) is 0 Å². The Hall–Kier alpha value is -3.09. The summed E-state index contributed by atoms with van der Waals surface area (Å²) in [6.07, 6.45) is 5.08. The average Bonchev–Trinajstić information content (AvgIpc) is 3.55. The molecule has 41 heavy (non-hydrogen) atoms. The third-order valence-corrected chi connectivity index (χ3v) is 16.9. The number of hydrogen-bond donors (Lipinski definition) is 0. The SMILES string of the molecule is CC1C=C(c2ccccc2)C=[C]1[Zr+2](=[C](c1ccccc1)c1ccccc1)[CH]1c2ccccc2-c2ccccc21.[Cl-].[Cl-]. The normalized spacial score (nSPS) is 14.8. The van der Waals surface area contributed by atoms with Crippen molar-refractivity contribution in [2.24, 2.45) is 5.92 Å². The first kappa shape index (κ1) is 29.4. The van der Waals surface area contributed by atoms with Crippen molar-refractivity contribution in [2.45, 2.75) is 10.5 Å². The average molecular weight is 649 g/mol. The Labute approximate surface area is 263 Å². The second-order valence-corrected chi connectivity index (χ2v) is 16.6. The van der Waals surface area contributed by atoms with Crippen LogP contribution in [0.3, 0.4) is 0 Å². The first-order valence-corrected chi connectivity index (χ1v) is 17.7. The largest absolute Gasteiger partial charge is 1.00 e. The maximum atomic E-state index is 2.57. The van der Waals surface area contributed by atoms with Crippen molar-refractivity contribution in [2.75, 3.05) is 0 Å². The van der Waals surface area contributed by atoms with Crippen LogP contribution in [0.4, 0.5) is 0 Å². The molecule has 0 N–H and O–H groups in total. The number of allylic oxidation sites excluding steroid dienone is 4. The molecule has 200 valence electrons. The minimum absolute atomic E-state index is 0. The van der Waals surface area contributed by atoms with E-state index in [2.05, 4.69) is 159 Å². The van der Waals surface area contributed by atoms with E-state index in [4.69, 9.17) is 0 Å². The van der Waals surface area contributed by atoms with Gasteiger partial charge in [0, 0.05) is 0 Å². The van der Waals surface area contributed by atoms with Gasteiger partial charge in [0.15, 0.2) is 0 Å². The van der Waals surface area contributed by atoms with Crippen LogP contribution in [0.5, 0.6) is 0 Å². The second kappa shape index (κ2) is 12.8. The Morgan fingerprint density at radius 1 is 0.537 bits per heavy atom. The molecule has 7 rings (SSSR count). The summed E-state index contributed by atoms with van der Waals surface area (Å²) in [6, 6.07) is 51.7. The van der Waals surface area contributed by atoms with Gasteiger partial charge in [-0.25, -0.2) is 0 Å². The molecule has 0 aliphatic heterocycles. The molecule has 0 saturated heterocycles. The third-order valence-electron chi connectivity index (χ3n) is 8.17. The quantitative estimate of drug-likeness (QED) is 0.275. The summed E-state index contributed by atoms with van der Waals surface area (Å²) in [4.78, 5) is 0. The molecule has 0 fully saturated rings. The molecule has 2 aliphatic carbocycles. The molecule has 5 aromatic carbocycles. The summed E-state index contributed by atoms with van der Waals surface area (Å²) in [7, 11) is 0. The molecule has 2 aliphatic rings. The van der Waals surface area contributed by atoms with Crippen LogP contribution in [0.25, 0.3) is 16.7 Å². The Kier molecular flexibility index (Phi) is 9.20. The second-order valence-electron chi connectivity index (χ2n) is 10.5. The minimum atomic E-state index is -2.73. The van der Waals surface area contributed by atoms with Gasteiger partial charge in [0.2, 0.25) is 0 Å². The van der Waals surface area contributed by atoms with Crippen LogP contribution in [-0.2, 0) is 21.3 Å². The van der Waals surface area contributed by atoms with Crippen LogP contribution in [-0.4, -0.2) is 3.21 Å². The number of rotatable bonds is 5. The number of halogens is 2. The predicted octanol–water partition coefficient (Wildman–Crippen LogP) is 3.27. The van der Waals surface area contributed by atoms with E-state index in [0.29, 0.717) is 9.54 Å². The van der Waals surface area contributed by atoms with E-state index in [1.165, 1.54) is 44.5 Å². The van der Waals surface area contributed by atoms with Crippen molar-refractivity contribution >= 4 is 8.78 Å². The van der Waals surface area contributed by atoms with Gasteiger partial charge < -0.3 is 24.8 Å². The molecule has 0 spiro atoms. The van der Waals surface area contributed by atoms with Crippen LogP contribution in [0.2, 0.25) is 0 Å². The Morgan fingerprint density at radius 3 is 1.49 bits per heavy atom. The summed E-state index contributed by atoms with van der Waals surface area (Å²) in [5.41, 5.74) is 11.3. The summed E-state index contributed by atoms with van der Waals surface area (Å²) in [6.45, 7) is 2.42. The van der Waals surface area contributed by atoms with Crippen molar-refractivity contribution < 1.29 is 46.1 Å². The zero-order valence-corrected chi connectivity index (χ0v) is 26.8. The summed E-state index contributed by atoms with van der Waals surface area (Å²) >= 11 is -2.73. The van der Waals surface area contributed by atoms with E-state index in [0.717, 1.165) is 0 Å². The van der Waals surface area contributed by atoms with Crippen LogP contribution in [0.15, 0.2) is 155 Å². The Morgan fingerprint density at radius 2 is 0.976 bits per heavy atom. The topological polar surface area (TPSA) is 0 Å². The zero-order valence-electron chi connectivity index (χ0n) is 22.8. The molecular formula is C38H30Cl2Zr. The van der Waals surface area contributed by atoms with E-state index in [9.17, 15) is 0 Å². The van der Waals surface area contributed by atoms with Crippen LogP contribution < -0.4 is 24.8 Å². The Balaban J connectivity index is 0.00000169. The minimum Gasteiger partial charge on any atom is -1.00 e. The molecule has 0 saturated carbocycles. The van der Waals surface area contributed by atoms with Gasteiger partial charge in [0.05, 0.1) is 0 Å². The first-order valence-electron chi connectivity index (χ1n) is 13.8. The van der Waals surface area contributed by atoms with Gasteiger partial charge in [-0.15, -0.1) is 0 Å². The van der Waals surface area contributed by atoms with Crippen molar-refractivity contribution in [1.82, 2.24) is 0 Å². The van der Waals surface area contributed by atoms with Gasteiger partial charge in [-0.1, -0.05) is 0 Å². The molecule has 0 bridgehead atoms. The summed E-state index contributed by atoms with van der Waals surface area (Å²) in [5, 5.41) is 0. The van der Waals surface area contributed by atoms with Gasteiger partial charge in [-0.3, -0.25) is 0 Å². The van der Waals surface area contributed by atoms with Gasteiger partial charge >= 0.3 is 240 Å². The fourth-order valence-electron chi connectivity index (χ4n) is 6.45. The van der Waals surface area contributed by atoms with Gasteiger partial charge in [-0.2, -0.15) is 0 Å². The van der Waals surface area contributed by atoms with Crippen molar-refractivity contribution in [3.8, 4) is 11.1 Å². The maximum absolute atomic E-state index is 2.73. The molecule has 0 amide bonds. The fraction of sp³-hybridized carbons (Fsp3) is 0.0789. The Bertz CT molecular complexity index is 1670. The first-order chi connectivity index (χ1) is 19.3. The van der Waals surface area contributed by atoms with Crippen LogP contribution >= 0.6 is 0 Å². The monoisotopic (exact) mass is 646 g/mol. The summed E-state index contributed by atoms with van der Waals surface area (Å²) in [5.74, 6) is 0.414. The van der Waals surface area contributed by atoms with Crippen molar-refractivity contribution in [3.05, 3.63) is 183 Å².